The highest BCUT2D eigenvalue weighted by molar-refractivity contribution is 9.10. The molecule has 1 saturated heterocycles. The van der Waals surface area contributed by atoms with E-state index in [1.807, 2.05) is 38.2 Å². The van der Waals surface area contributed by atoms with Crippen molar-refractivity contribution >= 4 is 32.8 Å². The van der Waals surface area contributed by atoms with E-state index in [0.717, 1.165) is 57.6 Å². The zero-order chi connectivity index (χ0) is 19.8. The molecule has 1 fully saturated rings. The summed E-state index contributed by atoms with van der Waals surface area (Å²) in [6.45, 7) is 7.68. The molecule has 0 spiro atoms. The average Bonchev–Trinajstić information content (AvgIpc) is 3.21. The van der Waals surface area contributed by atoms with Gasteiger partial charge in [-0.3, -0.25) is 14.6 Å². The Kier molecular flexibility index (Phi) is 5.27. The molecule has 1 aromatic carbocycles. The van der Waals surface area contributed by atoms with Crippen LogP contribution < -0.4 is 0 Å². The predicted octanol–water partition coefficient (Wildman–Crippen LogP) is 3.48. The van der Waals surface area contributed by atoms with E-state index in [-0.39, 0.29) is 0 Å². The van der Waals surface area contributed by atoms with Crippen LogP contribution in [-0.4, -0.2) is 57.2 Å². The molecule has 0 aliphatic carbocycles. The van der Waals surface area contributed by atoms with Crippen LogP contribution in [0.5, 0.6) is 0 Å². The van der Waals surface area contributed by atoms with E-state index in [9.17, 15) is 9.90 Å². The molecule has 28 heavy (non-hydrogen) atoms. The number of aromatic nitrogens is 2. The number of fused-ring (bicyclic) bond motifs is 1. The van der Waals surface area contributed by atoms with Gasteiger partial charge in [-0.25, -0.2) is 0 Å². The summed E-state index contributed by atoms with van der Waals surface area (Å²) in [7, 11) is 0. The Hall–Kier alpha value is -2.16. The fourth-order valence-electron chi connectivity index (χ4n) is 3.96. The van der Waals surface area contributed by atoms with Crippen LogP contribution in [0.4, 0.5) is 0 Å². The Balaban J connectivity index is 1.50. The van der Waals surface area contributed by atoms with Crippen molar-refractivity contribution in [2.45, 2.75) is 26.4 Å². The van der Waals surface area contributed by atoms with E-state index in [4.69, 9.17) is 4.52 Å². The number of carboxylic acids is 1. The number of carbonyl (C=O) groups is 1. The summed E-state index contributed by atoms with van der Waals surface area (Å²) in [4.78, 5) is 19.7. The van der Waals surface area contributed by atoms with Crippen molar-refractivity contribution in [3.63, 3.8) is 0 Å². The summed E-state index contributed by atoms with van der Waals surface area (Å²) in [6.07, 6.45) is 1.83. The molecule has 0 amide bonds. The average molecular weight is 447 g/mol. The Morgan fingerprint density at radius 1 is 1.32 bits per heavy atom. The molecule has 8 heteroatoms. The zero-order valence-electron chi connectivity index (χ0n) is 15.9. The van der Waals surface area contributed by atoms with Gasteiger partial charge in [0.25, 0.3) is 0 Å². The highest BCUT2D eigenvalue weighted by Crippen LogP contribution is 2.31. The van der Waals surface area contributed by atoms with Gasteiger partial charge in [0.2, 0.25) is 0 Å². The van der Waals surface area contributed by atoms with Crippen molar-refractivity contribution in [1.82, 2.24) is 19.9 Å². The summed E-state index contributed by atoms with van der Waals surface area (Å²) in [6, 6.07) is 5.23. The van der Waals surface area contributed by atoms with Crippen LogP contribution in [-0.2, 0) is 11.3 Å². The number of halogens is 1. The number of nitrogens with zero attached hydrogens (tertiary/aromatic N) is 3. The van der Waals surface area contributed by atoms with Crippen LogP contribution in [0.25, 0.3) is 10.9 Å². The molecule has 0 radical (unpaired) electrons. The van der Waals surface area contributed by atoms with Crippen LogP contribution in [0.3, 0.4) is 0 Å². The Bertz CT molecular complexity index is 985. The molecule has 3 heterocycles. The number of nitrogens with one attached hydrogen (secondary N) is 1. The van der Waals surface area contributed by atoms with Gasteiger partial charge in [-0.2, -0.15) is 0 Å². The SMILES string of the molecule is Cc1noc(C)c1CN1CCN([C@@H](C(=O)O)c2c[nH]c3cc(Br)ccc23)CC1. The first-order valence-corrected chi connectivity index (χ1v) is 10.1. The minimum atomic E-state index is -0.817. The van der Waals surface area contributed by atoms with Gasteiger partial charge in [-0.15, -0.1) is 0 Å². The van der Waals surface area contributed by atoms with Crippen LogP contribution in [0.2, 0.25) is 0 Å². The summed E-state index contributed by atoms with van der Waals surface area (Å²) < 4.78 is 6.22. The van der Waals surface area contributed by atoms with E-state index >= 15 is 0 Å². The molecule has 2 N–H and O–H groups in total. The molecule has 0 bridgehead atoms. The lowest BCUT2D eigenvalue weighted by Crippen LogP contribution is -2.48. The number of hydrogen-bond acceptors (Lipinski definition) is 5. The monoisotopic (exact) mass is 446 g/mol. The molecule has 0 unspecified atom stereocenters. The van der Waals surface area contributed by atoms with Crippen molar-refractivity contribution in [2.75, 3.05) is 26.2 Å². The van der Waals surface area contributed by atoms with Crippen molar-refractivity contribution in [1.29, 1.82) is 0 Å². The van der Waals surface area contributed by atoms with Gasteiger partial charge in [-0.05, 0) is 26.0 Å². The first-order valence-electron chi connectivity index (χ1n) is 9.31. The Morgan fingerprint density at radius 3 is 2.71 bits per heavy atom. The lowest BCUT2D eigenvalue weighted by Gasteiger charge is -2.37. The Morgan fingerprint density at radius 2 is 2.07 bits per heavy atom. The predicted molar refractivity (Wildman–Crippen MR) is 109 cm³/mol. The van der Waals surface area contributed by atoms with Gasteiger partial charge < -0.3 is 14.6 Å². The third-order valence-corrected chi connectivity index (χ3v) is 6.03. The van der Waals surface area contributed by atoms with Crippen molar-refractivity contribution in [2.24, 2.45) is 0 Å². The lowest BCUT2D eigenvalue weighted by atomic mass is 10.0. The quantitative estimate of drug-likeness (QED) is 0.623. The van der Waals surface area contributed by atoms with E-state index in [2.05, 4.69) is 35.9 Å². The van der Waals surface area contributed by atoms with Gasteiger partial charge in [0.1, 0.15) is 11.8 Å². The van der Waals surface area contributed by atoms with E-state index < -0.39 is 12.0 Å². The molecule has 1 atom stereocenters. The van der Waals surface area contributed by atoms with Gasteiger partial charge in [0, 0.05) is 65.4 Å². The largest absolute Gasteiger partial charge is 0.480 e. The fraction of sp³-hybridized carbons (Fsp3) is 0.400. The number of benzene rings is 1. The van der Waals surface area contributed by atoms with Crippen LogP contribution in [0.1, 0.15) is 28.6 Å². The highest BCUT2D eigenvalue weighted by atomic mass is 79.9. The zero-order valence-corrected chi connectivity index (χ0v) is 17.5. The number of aryl methyl sites for hydroxylation is 2. The number of piperazine rings is 1. The number of H-pyrrole nitrogens is 1. The van der Waals surface area contributed by atoms with Gasteiger partial charge in [-0.1, -0.05) is 27.2 Å². The molecule has 7 nitrogen and oxygen atoms in total. The molecule has 4 rings (SSSR count). The lowest BCUT2D eigenvalue weighted by molar-refractivity contribution is -0.144. The second-order valence-corrected chi connectivity index (χ2v) is 8.21. The van der Waals surface area contributed by atoms with Crippen molar-refractivity contribution < 1.29 is 14.4 Å². The van der Waals surface area contributed by atoms with Crippen molar-refractivity contribution in [3.05, 3.63) is 51.4 Å². The van der Waals surface area contributed by atoms with Crippen molar-refractivity contribution in [3.8, 4) is 0 Å². The number of aromatic amines is 1. The molecule has 3 aromatic rings. The third kappa shape index (κ3) is 3.59. The number of carboxylic acid groups (broad SMARTS) is 1. The first kappa shape index (κ1) is 19.2. The smallest absolute Gasteiger partial charge is 0.325 e. The summed E-state index contributed by atoms with van der Waals surface area (Å²) >= 11 is 3.46. The van der Waals surface area contributed by atoms with E-state index in [1.165, 1.54) is 0 Å². The van der Waals surface area contributed by atoms with Gasteiger partial charge in [0.05, 0.1) is 5.69 Å². The first-order chi connectivity index (χ1) is 13.4. The molecule has 1 aliphatic rings. The molecule has 2 aromatic heterocycles. The number of hydrogen-bond donors (Lipinski definition) is 2. The van der Waals surface area contributed by atoms with Crippen LogP contribution >= 0.6 is 15.9 Å². The van der Waals surface area contributed by atoms with Gasteiger partial charge in [0.15, 0.2) is 0 Å². The normalized spacial score (nSPS) is 17.2. The van der Waals surface area contributed by atoms with E-state index in [0.29, 0.717) is 13.1 Å². The fourth-order valence-corrected chi connectivity index (χ4v) is 4.32. The Labute approximate surface area is 171 Å². The minimum Gasteiger partial charge on any atom is -0.480 e. The standard InChI is InChI=1S/C20H23BrN4O3/c1-12-17(13(2)28-23-12)11-24-5-7-25(8-6-24)19(20(26)27)16-10-22-18-9-14(21)3-4-15(16)18/h3-4,9-10,19,22H,5-8,11H2,1-2H3,(H,26,27)/t19-/m1/s1. The number of aliphatic carboxylic acids is 1. The third-order valence-electron chi connectivity index (χ3n) is 5.54. The van der Waals surface area contributed by atoms with Crippen LogP contribution in [0.15, 0.2) is 33.4 Å². The topological polar surface area (TPSA) is 85.6 Å². The summed E-state index contributed by atoms with van der Waals surface area (Å²) in [5, 5.41) is 14.9. The summed E-state index contributed by atoms with van der Waals surface area (Å²) in [5.74, 6) is 0.0382. The maximum Gasteiger partial charge on any atom is 0.325 e. The molecule has 0 saturated carbocycles. The maximum atomic E-state index is 12.1. The molecular formula is C20H23BrN4O3. The molecule has 1 aliphatic heterocycles. The molecular weight excluding hydrogens is 424 g/mol. The maximum absolute atomic E-state index is 12.1. The summed E-state index contributed by atoms with van der Waals surface area (Å²) in [5.41, 5.74) is 3.81. The minimum absolute atomic E-state index is 0.656. The second-order valence-electron chi connectivity index (χ2n) is 7.29. The highest BCUT2D eigenvalue weighted by Gasteiger charge is 2.32. The van der Waals surface area contributed by atoms with Gasteiger partial charge >= 0.3 is 5.97 Å². The van der Waals surface area contributed by atoms with Crippen LogP contribution in [0, 0.1) is 13.8 Å². The molecule has 148 valence electrons. The second kappa shape index (κ2) is 7.69. The van der Waals surface area contributed by atoms with E-state index in [1.54, 1.807) is 0 Å². The number of rotatable bonds is 5.